The molecule has 0 heterocycles. The molecule has 4 heteroatoms. The van der Waals surface area contributed by atoms with Crippen molar-refractivity contribution in [3.05, 3.63) is 29.8 Å². The van der Waals surface area contributed by atoms with Gasteiger partial charge in [0.2, 0.25) is 0 Å². The van der Waals surface area contributed by atoms with Gasteiger partial charge < -0.3 is 9.47 Å². The molecule has 0 radical (unpaired) electrons. The van der Waals surface area contributed by atoms with Crippen LogP contribution < -0.4 is 0 Å². The zero-order chi connectivity index (χ0) is 13.2. The van der Waals surface area contributed by atoms with Crippen molar-refractivity contribution in [1.29, 1.82) is 5.26 Å². The molecule has 3 nitrogen and oxygen atoms in total. The molecule has 0 aliphatic heterocycles. The standard InChI is InChI=1S/C14H17NO2S/c1-11-4-6-12(7-5-11)18-13(10-15)8-14(9-13,16-2)17-3/h4-7H,8-9H2,1-3H3. The highest BCUT2D eigenvalue weighted by Crippen LogP contribution is 2.54. The van der Waals surface area contributed by atoms with Gasteiger partial charge in [0, 0.05) is 32.0 Å². The Bertz CT molecular complexity index is 452. The molecule has 0 amide bonds. The zero-order valence-electron chi connectivity index (χ0n) is 10.9. The average molecular weight is 263 g/mol. The summed E-state index contributed by atoms with van der Waals surface area (Å²) in [5, 5.41) is 9.39. The molecule has 96 valence electrons. The SMILES string of the molecule is COC1(OC)CC(C#N)(Sc2ccc(C)cc2)C1. The van der Waals surface area contributed by atoms with Crippen LogP contribution in [0.2, 0.25) is 0 Å². The molecular formula is C14H17NO2S. The van der Waals surface area contributed by atoms with Gasteiger partial charge in [0.25, 0.3) is 0 Å². The summed E-state index contributed by atoms with van der Waals surface area (Å²) in [7, 11) is 3.25. The van der Waals surface area contributed by atoms with E-state index in [1.165, 1.54) is 5.56 Å². The summed E-state index contributed by atoms with van der Waals surface area (Å²) in [5.41, 5.74) is 1.22. The van der Waals surface area contributed by atoms with Crippen LogP contribution in [0.3, 0.4) is 0 Å². The Morgan fingerprint density at radius 2 is 1.72 bits per heavy atom. The van der Waals surface area contributed by atoms with E-state index in [9.17, 15) is 5.26 Å². The van der Waals surface area contributed by atoms with Crippen LogP contribution in [0.4, 0.5) is 0 Å². The van der Waals surface area contributed by atoms with Crippen LogP contribution in [0, 0.1) is 18.3 Å². The lowest BCUT2D eigenvalue weighted by molar-refractivity contribution is -0.255. The Hall–Kier alpha value is -1.02. The topological polar surface area (TPSA) is 42.2 Å². The van der Waals surface area contributed by atoms with Gasteiger partial charge >= 0.3 is 0 Å². The van der Waals surface area contributed by atoms with E-state index in [0.29, 0.717) is 12.8 Å². The van der Waals surface area contributed by atoms with Gasteiger partial charge in [0.15, 0.2) is 5.79 Å². The van der Waals surface area contributed by atoms with Gasteiger partial charge in [-0.1, -0.05) is 17.7 Å². The molecule has 1 aromatic rings. The summed E-state index contributed by atoms with van der Waals surface area (Å²) in [6, 6.07) is 10.6. The Labute approximate surface area is 112 Å². The minimum Gasteiger partial charge on any atom is -0.353 e. The fourth-order valence-electron chi connectivity index (χ4n) is 2.20. The molecule has 2 rings (SSSR count). The first-order chi connectivity index (χ1) is 8.57. The maximum atomic E-state index is 9.39. The van der Waals surface area contributed by atoms with E-state index < -0.39 is 10.5 Å². The predicted molar refractivity (Wildman–Crippen MR) is 71.4 cm³/mol. The second-order valence-electron chi connectivity index (χ2n) is 4.69. The lowest BCUT2D eigenvalue weighted by Crippen LogP contribution is -2.56. The van der Waals surface area contributed by atoms with Crippen LogP contribution in [-0.4, -0.2) is 24.8 Å². The van der Waals surface area contributed by atoms with Crippen molar-refractivity contribution >= 4 is 11.8 Å². The van der Waals surface area contributed by atoms with Crippen LogP contribution in [-0.2, 0) is 9.47 Å². The van der Waals surface area contributed by atoms with E-state index in [4.69, 9.17) is 9.47 Å². The number of nitrogens with zero attached hydrogens (tertiary/aromatic N) is 1. The number of benzene rings is 1. The molecule has 1 aliphatic carbocycles. The molecular weight excluding hydrogens is 246 g/mol. The first kappa shape index (κ1) is 13.4. The maximum absolute atomic E-state index is 9.39. The minimum absolute atomic E-state index is 0.429. The van der Waals surface area contributed by atoms with E-state index in [1.54, 1.807) is 26.0 Å². The van der Waals surface area contributed by atoms with Crippen LogP contribution >= 0.6 is 11.8 Å². The predicted octanol–water partition coefficient (Wildman–Crippen LogP) is 3.13. The summed E-state index contributed by atoms with van der Waals surface area (Å²) >= 11 is 1.60. The fraction of sp³-hybridized carbons (Fsp3) is 0.500. The van der Waals surface area contributed by atoms with Crippen molar-refractivity contribution in [2.75, 3.05) is 14.2 Å². The number of nitriles is 1. The summed E-state index contributed by atoms with van der Waals surface area (Å²) in [4.78, 5) is 1.11. The molecule has 1 aliphatic rings. The number of hydrogen-bond donors (Lipinski definition) is 0. The number of hydrogen-bond acceptors (Lipinski definition) is 4. The minimum atomic E-state index is -0.576. The second kappa shape index (κ2) is 4.93. The van der Waals surface area contributed by atoms with E-state index >= 15 is 0 Å². The van der Waals surface area contributed by atoms with Crippen LogP contribution in [0.5, 0.6) is 0 Å². The molecule has 0 bridgehead atoms. The van der Waals surface area contributed by atoms with E-state index in [0.717, 1.165) is 4.90 Å². The molecule has 0 spiro atoms. The van der Waals surface area contributed by atoms with E-state index in [1.807, 2.05) is 0 Å². The lowest BCUT2D eigenvalue weighted by atomic mass is 9.78. The first-order valence-electron chi connectivity index (χ1n) is 5.84. The third-order valence-electron chi connectivity index (χ3n) is 3.39. The van der Waals surface area contributed by atoms with Crippen molar-refractivity contribution in [2.24, 2.45) is 0 Å². The summed E-state index contributed by atoms with van der Waals surface area (Å²) in [5.74, 6) is -0.576. The summed E-state index contributed by atoms with van der Waals surface area (Å²) in [6.45, 7) is 2.05. The Morgan fingerprint density at radius 1 is 1.17 bits per heavy atom. The van der Waals surface area contributed by atoms with Gasteiger partial charge in [0.05, 0.1) is 6.07 Å². The van der Waals surface area contributed by atoms with Gasteiger partial charge in [-0.05, 0) is 19.1 Å². The number of thioether (sulfide) groups is 1. The highest BCUT2D eigenvalue weighted by Gasteiger charge is 2.57. The average Bonchev–Trinajstić information content (AvgIpc) is 2.36. The van der Waals surface area contributed by atoms with Crippen LogP contribution in [0.15, 0.2) is 29.2 Å². The molecule has 1 fully saturated rings. The normalized spacial score (nSPS) is 19.9. The van der Waals surface area contributed by atoms with Gasteiger partial charge in [-0.2, -0.15) is 5.26 Å². The van der Waals surface area contributed by atoms with Crippen molar-refractivity contribution < 1.29 is 9.47 Å². The molecule has 0 saturated heterocycles. The Morgan fingerprint density at radius 3 is 2.17 bits per heavy atom. The van der Waals surface area contributed by atoms with Crippen molar-refractivity contribution in [2.45, 2.75) is 35.2 Å². The smallest absolute Gasteiger partial charge is 0.172 e. The van der Waals surface area contributed by atoms with Crippen molar-refractivity contribution in [3.63, 3.8) is 0 Å². The highest BCUT2D eigenvalue weighted by atomic mass is 32.2. The number of ether oxygens (including phenoxy) is 2. The summed E-state index contributed by atoms with van der Waals surface area (Å²) in [6.07, 6.45) is 1.20. The van der Waals surface area contributed by atoms with Crippen LogP contribution in [0.1, 0.15) is 18.4 Å². The van der Waals surface area contributed by atoms with Gasteiger partial charge in [-0.15, -0.1) is 11.8 Å². The van der Waals surface area contributed by atoms with E-state index in [2.05, 4.69) is 37.3 Å². The summed E-state index contributed by atoms with van der Waals surface area (Å²) < 4.78 is 10.3. The second-order valence-corrected chi connectivity index (χ2v) is 6.15. The largest absolute Gasteiger partial charge is 0.353 e. The van der Waals surface area contributed by atoms with Crippen LogP contribution in [0.25, 0.3) is 0 Å². The number of methoxy groups -OCH3 is 2. The first-order valence-corrected chi connectivity index (χ1v) is 6.66. The van der Waals surface area contributed by atoms with Gasteiger partial charge in [-0.25, -0.2) is 0 Å². The quantitative estimate of drug-likeness (QED) is 0.783. The molecule has 0 N–H and O–H groups in total. The molecule has 18 heavy (non-hydrogen) atoms. The Balaban J connectivity index is 2.09. The fourth-order valence-corrected chi connectivity index (χ4v) is 3.55. The Kier molecular flexibility index (Phi) is 3.67. The van der Waals surface area contributed by atoms with Gasteiger partial charge in [-0.3, -0.25) is 0 Å². The van der Waals surface area contributed by atoms with Crippen molar-refractivity contribution in [3.8, 4) is 6.07 Å². The molecule has 0 atom stereocenters. The number of rotatable bonds is 4. The van der Waals surface area contributed by atoms with Crippen molar-refractivity contribution in [1.82, 2.24) is 0 Å². The molecule has 0 aromatic heterocycles. The molecule has 0 unspecified atom stereocenters. The third-order valence-corrected chi connectivity index (χ3v) is 4.67. The van der Waals surface area contributed by atoms with Gasteiger partial charge in [0.1, 0.15) is 4.75 Å². The monoisotopic (exact) mass is 263 g/mol. The lowest BCUT2D eigenvalue weighted by Gasteiger charge is -2.49. The zero-order valence-corrected chi connectivity index (χ0v) is 11.7. The highest BCUT2D eigenvalue weighted by molar-refractivity contribution is 8.01. The number of aryl methyl sites for hydroxylation is 1. The molecule has 1 saturated carbocycles. The maximum Gasteiger partial charge on any atom is 0.172 e. The third kappa shape index (κ3) is 2.39. The van der Waals surface area contributed by atoms with E-state index in [-0.39, 0.29) is 0 Å². The molecule has 1 aromatic carbocycles.